The number of piperazine rings is 1. The van der Waals surface area contributed by atoms with E-state index in [0.717, 1.165) is 57.3 Å². The van der Waals surface area contributed by atoms with Crippen LogP contribution in [0.5, 0.6) is 0 Å². The fraction of sp³-hybridized carbons (Fsp3) is 0.708. The molecule has 0 saturated carbocycles. The van der Waals surface area contributed by atoms with Gasteiger partial charge in [0.1, 0.15) is 11.9 Å². The molecule has 2 aliphatic heterocycles. The van der Waals surface area contributed by atoms with E-state index in [0.29, 0.717) is 18.5 Å². The normalized spacial score (nSPS) is 25.1. The highest BCUT2D eigenvalue weighted by molar-refractivity contribution is 5.80. The summed E-state index contributed by atoms with van der Waals surface area (Å²) in [7, 11) is 2.19. The van der Waals surface area contributed by atoms with Gasteiger partial charge in [0.15, 0.2) is 5.96 Å². The Bertz CT molecular complexity index is 702. The molecule has 0 aliphatic carbocycles. The summed E-state index contributed by atoms with van der Waals surface area (Å²) in [6.07, 6.45) is -0.0158. The van der Waals surface area contributed by atoms with Gasteiger partial charge in [-0.1, -0.05) is 26.0 Å². The number of ether oxygens (including phenoxy) is 1. The van der Waals surface area contributed by atoms with Crippen molar-refractivity contribution in [1.29, 1.82) is 0 Å². The van der Waals surface area contributed by atoms with Gasteiger partial charge in [-0.15, -0.1) is 0 Å². The van der Waals surface area contributed by atoms with E-state index in [1.54, 1.807) is 0 Å². The van der Waals surface area contributed by atoms with Crippen LogP contribution in [0.2, 0.25) is 0 Å². The molecule has 2 aliphatic rings. The first kappa shape index (κ1) is 24.0. The molecule has 0 amide bonds. The predicted molar refractivity (Wildman–Crippen MR) is 125 cm³/mol. The second kappa shape index (κ2) is 11.2. The summed E-state index contributed by atoms with van der Waals surface area (Å²) < 4.78 is 19.5. The lowest BCUT2D eigenvalue weighted by Crippen LogP contribution is -2.53. The summed E-state index contributed by atoms with van der Waals surface area (Å²) in [5.41, 5.74) is 1.01. The molecule has 3 rings (SSSR count). The van der Waals surface area contributed by atoms with Crippen molar-refractivity contribution in [3.63, 3.8) is 0 Å². The number of guanidine groups is 1. The molecule has 0 spiro atoms. The zero-order valence-corrected chi connectivity index (χ0v) is 19.9. The molecule has 7 heteroatoms. The van der Waals surface area contributed by atoms with Crippen LogP contribution < -0.4 is 5.32 Å². The topological polar surface area (TPSA) is 43.3 Å². The summed E-state index contributed by atoms with van der Waals surface area (Å²) >= 11 is 0. The molecular weight excluding hydrogens is 393 g/mol. The highest BCUT2D eigenvalue weighted by atomic mass is 19.1. The molecule has 6 nitrogen and oxygen atoms in total. The van der Waals surface area contributed by atoms with Crippen LogP contribution in [0.4, 0.5) is 4.39 Å². The average Bonchev–Trinajstić information content (AvgIpc) is 2.74. The number of morpholine rings is 1. The van der Waals surface area contributed by atoms with Crippen LogP contribution in [0.25, 0.3) is 0 Å². The number of halogens is 1. The molecule has 2 fully saturated rings. The lowest BCUT2D eigenvalue weighted by molar-refractivity contribution is -0.0605. The Morgan fingerprint density at radius 1 is 1.16 bits per heavy atom. The van der Waals surface area contributed by atoms with Gasteiger partial charge in [-0.3, -0.25) is 9.89 Å². The average molecular weight is 434 g/mol. The Balaban J connectivity index is 1.72. The summed E-state index contributed by atoms with van der Waals surface area (Å²) in [6, 6.07) is 7.09. The number of nitrogens with one attached hydrogen (secondary N) is 1. The number of likely N-dealkylation sites (N-methyl/N-ethyl adjacent to an activating group) is 1. The second-order valence-electron chi connectivity index (χ2n) is 9.24. The summed E-state index contributed by atoms with van der Waals surface area (Å²) in [6.45, 7) is 16.4. The standard InChI is InChI=1S/C24H40FN5O/c1-6-26-24(27-15-22(18(2)3)29-13-11-28(5)12-14-29)30-16-19(4)31-23(17-30)20-7-9-21(25)10-8-20/h7-10,18-19,22-23H,6,11-17H2,1-5H3,(H,26,27). The third-order valence-electron chi connectivity index (χ3n) is 6.34. The van der Waals surface area contributed by atoms with Gasteiger partial charge in [0.2, 0.25) is 0 Å². The van der Waals surface area contributed by atoms with Gasteiger partial charge in [0.05, 0.1) is 19.2 Å². The number of hydrogen-bond acceptors (Lipinski definition) is 4. The summed E-state index contributed by atoms with van der Waals surface area (Å²) in [4.78, 5) is 12.4. The van der Waals surface area contributed by atoms with Gasteiger partial charge in [-0.05, 0) is 44.5 Å². The first-order valence-electron chi connectivity index (χ1n) is 11.7. The predicted octanol–water partition coefficient (Wildman–Crippen LogP) is 2.83. The van der Waals surface area contributed by atoms with E-state index < -0.39 is 0 Å². The van der Waals surface area contributed by atoms with E-state index in [2.05, 4.69) is 54.8 Å². The van der Waals surface area contributed by atoms with E-state index in [1.165, 1.54) is 12.1 Å². The SMILES string of the molecule is CCNC(=NCC(C(C)C)N1CCN(C)CC1)N1CC(C)OC(c2ccc(F)cc2)C1. The lowest BCUT2D eigenvalue weighted by atomic mass is 10.0. The molecular formula is C24H40FN5O. The summed E-state index contributed by atoms with van der Waals surface area (Å²) in [5, 5.41) is 3.49. The molecule has 0 radical (unpaired) electrons. The number of aliphatic imine (C=N–C) groups is 1. The Morgan fingerprint density at radius 2 is 1.84 bits per heavy atom. The zero-order valence-electron chi connectivity index (χ0n) is 19.9. The number of nitrogens with zero attached hydrogens (tertiary/aromatic N) is 4. The second-order valence-corrected chi connectivity index (χ2v) is 9.24. The van der Waals surface area contributed by atoms with Crippen LogP contribution in [0.3, 0.4) is 0 Å². The quantitative estimate of drug-likeness (QED) is 0.552. The maximum absolute atomic E-state index is 13.4. The van der Waals surface area contributed by atoms with E-state index in [4.69, 9.17) is 9.73 Å². The highest BCUT2D eigenvalue weighted by Crippen LogP contribution is 2.25. The Kier molecular flexibility index (Phi) is 8.69. The van der Waals surface area contributed by atoms with Crippen molar-refractivity contribution >= 4 is 5.96 Å². The molecule has 174 valence electrons. The fourth-order valence-corrected chi connectivity index (χ4v) is 4.49. The fourth-order valence-electron chi connectivity index (χ4n) is 4.49. The van der Waals surface area contributed by atoms with Crippen LogP contribution in [-0.2, 0) is 4.74 Å². The Hall–Kier alpha value is -1.70. The number of hydrogen-bond donors (Lipinski definition) is 1. The first-order valence-corrected chi connectivity index (χ1v) is 11.7. The number of benzene rings is 1. The monoisotopic (exact) mass is 433 g/mol. The van der Waals surface area contributed by atoms with Crippen molar-refractivity contribution in [2.75, 3.05) is 59.4 Å². The summed E-state index contributed by atoms with van der Waals surface area (Å²) in [5.74, 6) is 1.28. The van der Waals surface area contributed by atoms with E-state index >= 15 is 0 Å². The van der Waals surface area contributed by atoms with Crippen LogP contribution >= 0.6 is 0 Å². The van der Waals surface area contributed by atoms with Crippen molar-refractivity contribution in [2.45, 2.75) is 45.9 Å². The first-order chi connectivity index (χ1) is 14.9. The van der Waals surface area contributed by atoms with E-state index in [1.807, 2.05) is 12.1 Å². The molecule has 3 unspecified atom stereocenters. The van der Waals surface area contributed by atoms with Crippen LogP contribution in [0.1, 0.15) is 39.4 Å². The minimum Gasteiger partial charge on any atom is -0.367 e. The van der Waals surface area contributed by atoms with Gasteiger partial charge in [0.25, 0.3) is 0 Å². The van der Waals surface area contributed by atoms with Crippen molar-refractivity contribution in [3.05, 3.63) is 35.6 Å². The lowest BCUT2D eigenvalue weighted by Gasteiger charge is -2.40. The van der Waals surface area contributed by atoms with Crippen LogP contribution in [-0.4, -0.2) is 92.2 Å². The van der Waals surface area contributed by atoms with Crippen molar-refractivity contribution < 1.29 is 9.13 Å². The van der Waals surface area contributed by atoms with Gasteiger partial charge in [-0.25, -0.2) is 4.39 Å². The molecule has 2 saturated heterocycles. The van der Waals surface area contributed by atoms with Crippen molar-refractivity contribution in [2.24, 2.45) is 10.9 Å². The molecule has 2 heterocycles. The van der Waals surface area contributed by atoms with Crippen molar-refractivity contribution in [1.82, 2.24) is 20.0 Å². The minimum absolute atomic E-state index is 0.0752. The van der Waals surface area contributed by atoms with Crippen LogP contribution in [0.15, 0.2) is 29.3 Å². The van der Waals surface area contributed by atoms with Gasteiger partial charge >= 0.3 is 0 Å². The Labute approximate surface area is 187 Å². The third-order valence-corrected chi connectivity index (χ3v) is 6.34. The van der Waals surface area contributed by atoms with E-state index in [9.17, 15) is 4.39 Å². The van der Waals surface area contributed by atoms with Gasteiger partial charge in [-0.2, -0.15) is 0 Å². The molecule has 0 aromatic heterocycles. The smallest absolute Gasteiger partial charge is 0.194 e. The third kappa shape index (κ3) is 6.64. The zero-order chi connectivity index (χ0) is 22.4. The van der Waals surface area contributed by atoms with Crippen LogP contribution in [0, 0.1) is 11.7 Å². The maximum Gasteiger partial charge on any atom is 0.194 e. The number of rotatable bonds is 6. The van der Waals surface area contributed by atoms with Crippen molar-refractivity contribution in [3.8, 4) is 0 Å². The largest absolute Gasteiger partial charge is 0.367 e. The Morgan fingerprint density at radius 3 is 2.45 bits per heavy atom. The minimum atomic E-state index is -0.219. The van der Waals surface area contributed by atoms with Gasteiger partial charge < -0.3 is 19.9 Å². The molecule has 1 N–H and O–H groups in total. The highest BCUT2D eigenvalue weighted by Gasteiger charge is 2.29. The molecule has 31 heavy (non-hydrogen) atoms. The molecule has 1 aromatic carbocycles. The molecule has 0 bridgehead atoms. The molecule has 3 atom stereocenters. The maximum atomic E-state index is 13.4. The van der Waals surface area contributed by atoms with E-state index in [-0.39, 0.29) is 18.0 Å². The molecule has 1 aromatic rings. The van der Waals surface area contributed by atoms with Gasteiger partial charge in [0, 0.05) is 45.3 Å².